The van der Waals surface area contributed by atoms with Crippen LogP contribution in [-0.2, 0) is 52.3 Å². The molecule has 10 heterocycles. The molecular formula is C45H52N10O30. The first-order valence-corrected chi connectivity index (χ1v) is 25.0. The third-order valence-electron chi connectivity index (χ3n) is 16.5. The minimum absolute atomic E-state index is 0.0723. The fourth-order valence-corrected chi connectivity index (χ4v) is 13.2. The summed E-state index contributed by atoms with van der Waals surface area (Å²) in [6.07, 6.45) is -35.7. The molecule has 5 aliphatic rings. The van der Waals surface area contributed by atoms with Gasteiger partial charge in [-0.15, -0.1) is 0 Å². The van der Waals surface area contributed by atoms with Gasteiger partial charge in [0, 0.05) is 61.3 Å². The summed E-state index contributed by atoms with van der Waals surface area (Å²) in [6, 6.07) is 1.73. The summed E-state index contributed by atoms with van der Waals surface area (Å²) in [4.78, 5) is 149. The zero-order valence-corrected chi connectivity index (χ0v) is 42.8. The Hall–Kier alpha value is -7.40. The molecule has 40 nitrogen and oxygen atoms in total. The van der Waals surface area contributed by atoms with Crippen LogP contribution in [0.1, 0.15) is 0 Å². The van der Waals surface area contributed by atoms with Gasteiger partial charge in [0.05, 0.1) is 33.0 Å². The summed E-state index contributed by atoms with van der Waals surface area (Å²) < 4.78 is 30.1. The second kappa shape index (κ2) is 20.4. The minimum atomic E-state index is -5.25. The van der Waals surface area contributed by atoms with Gasteiger partial charge in [-0.2, -0.15) is 0 Å². The second-order valence-electron chi connectivity index (χ2n) is 20.4. The van der Waals surface area contributed by atoms with Crippen molar-refractivity contribution in [3.05, 3.63) is 166 Å². The first-order chi connectivity index (χ1) is 40.0. The summed E-state index contributed by atoms with van der Waals surface area (Å²) in [5, 5.41) is 190. The van der Waals surface area contributed by atoms with Crippen molar-refractivity contribution in [3.8, 4) is 0 Å². The van der Waals surface area contributed by atoms with Crippen LogP contribution in [0.2, 0.25) is 0 Å². The maximum Gasteiger partial charge on any atom is 0.330 e. The average molecular weight is 1210 g/mol. The van der Waals surface area contributed by atoms with E-state index in [9.17, 15) is 99.9 Å². The summed E-state index contributed by atoms with van der Waals surface area (Å²) >= 11 is 0. The van der Waals surface area contributed by atoms with Crippen molar-refractivity contribution >= 4 is 0 Å². The molecule has 10 rings (SSSR count). The molecule has 5 aromatic rings. The Morgan fingerprint density at radius 3 is 0.894 bits per heavy atom. The highest BCUT2D eigenvalue weighted by Crippen LogP contribution is 2.72. The Balaban J connectivity index is 1.56. The number of rotatable bonds is 14. The van der Waals surface area contributed by atoms with Crippen LogP contribution < -0.4 is 56.2 Å². The maximum atomic E-state index is 15.3. The number of ether oxygens (including phenoxy) is 5. The number of aromatic amines is 5. The second-order valence-corrected chi connectivity index (χ2v) is 20.4. The van der Waals surface area contributed by atoms with Crippen LogP contribution in [0, 0.1) is 0 Å². The zero-order valence-electron chi connectivity index (χ0n) is 42.8. The fourth-order valence-electron chi connectivity index (χ4n) is 13.2. The van der Waals surface area contributed by atoms with Crippen LogP contribution in [0.25, 0.3) is 0 Å². The molecule has 40 heteroatoms. The number of nitrogens with one attached hydrogen (secondary N) is 5. The number of H-pyrrole nitrogens is 5. The Labute approximate surface area is 464 Å². The molecule has 0 aromatic carbocycles. The molecule has 5 aromatic heterocycles. The molecule has 0 spiro atoms. The van der Waals surface area contributed by atoms with E-state index in [1.54, 1.807) is 24.9 Å². The third kappa shape index (κ3) is 7.18. The summed E-state index contributed by atoms with van der Waals surface area (Å²) in [5.41, 5.74) is -55.8. The highest BCUT2D eigenvalue weighted by atomic mass is 16.7. The lowest BCUT2D eigenvalue weighted by atomic mass is 9.56. The molecule has 5 fully saturated rings. The molecule has 85 heavy (non-hydrogen) atoms. The predicted octanol–water partition coefficient (Wildman–Crippen LogP) is -16.3. The van der Waals surface area contributed by atoms with Crippen molar-refractivity contribution in [1.82, 2.24) is 47.8 Å². The van der Waals surface area contributed by atoms with Gasteiger partial charge < -0.3 is 100 Å². The van der Waals surface area contributed by atoms with Crippen molar-refractivity contribution in [2.45, 2.75) is 119 Å². The van der Waals surface area contributed by atoms with Crippen LogP contribution in [0.5, 0.6) is 0 Å². The summed E-state index contributed by atoms with van der Waals surface area (Å²) in [5.74, 6) is 0. The largest absolute Gasteiger partial charge is 0.394 e. The third-order valence-corrected chi connectivity index (χ3v) is 16.5. The first kappa shape index (κ1) is 60.7. The number of nitrogens with zero attached hydrogens (tertiary/aromatic N) is 5. The molecule has 0 amide bonds. The highest BCUT2D eigenvalue weighted by Gasteiger charge is 2.98. The number of hydrogen-bond acceptors (Lipinski definition) is 30. The molecule has 0 saturated carbocycles. The monoisotopic (exact) mass is 1210 g/mol. The molecule has 20 atom stereocenters. The van der Waals surface area contributed by atoms with Gasteiger partial charge in [0.2, 0.25) is 28.6 Å². The Bertz CT molecular complexity index is 4080. The lowest BCUT2D eigenvalue weighted by Gasteiger charge is -2.64. The Morgan fingerprint density at radius 2 is 0.576 bits per heavy atom. The van der Waals surface area contributed by atoms with Crippen LogP contribution in [0.15, 0.2) is 109 Å². The Kier molecular flexibility index (Phi) is 14.6. The van der Waals surface area contributed by atoms with Crippen LogP contribution in [0.3, 0.4) is 0 Å². The van der Waals surface area contributed by atoms with E-state index in [-0.39, 0.29) is 53.6 Å². The summed E-state index contributed by atoms with van der Waals surface area (Å²) in [6.45, 7) is -8.66. The van der Waals surface area contributed by atoms with Crippen LogP contribution >= 0.6 is 0 Å². The normalized spacial score (nSPS) is 40.8. The highest BCUT2D eigenvalue weighted by molar-refractivity contribution is 5.39. The van der Waals surface area contributed by atoms with Gasteiger partial charge in [-0.05, 0) is 0 Å². The van der Waals surface area contributed by atoms with E-state index >= 15 is 24.6 Å². The summed E-state index contributed by atoms with van der Waals surface area (Å²) in [7, 11) is 0. The van der Waals surface area contributed by atoms with E-state index in [0.717, 1.165) is 0 Å². The topological polar surface area (TPSA) is 624 Å². The standard InChI is InChI=1S/C45H52N10O30/c56-11-16-26(66)31(71)41(81-16,51-6-1-21(61)46-33(51)73)38(78)28(68)18(13-58)83-43(38,53-8-3-23(63)48-35(53)75)39(79)29(69)19(14-59)84-44(39,54-9-4-24(64)49-36(54)76)40(80)30(70)20(15-60)85-45(40,55-10-5-25(65)50-37(55)77)42(32(72)27(67)17(12-57)82-42)52-7-2-22(62)47-34(52)74/h1-10,16-20,26-32,56-60,66-72,78-80H,11-15H2,(H,46,61,73)(H,47,62,74)(H,48,63,75)(H,49,64,76)(H,50,65,77)/t16-,17-,18-,19-,20-,26-,27-,28-,29-,30-,31-,32-,38+,39+,40+,41+,42+,43+,44+,45+/m1/s1. The first-order valence-electron chi connectivity index (χ1n) is 25.0. The molecule has 20 N–H and O–H groups in total. The fraction of sp³-hybridized carbons (Fsp3) is 0.556. The van der Waals surface area contributed by atoms with Gasteiger partial charge in [-0.25, -0.2) is 24.0 Å². The van der Waals surface area contributed by atoms with E-state index in [1.165, 1.54) is 0 Å². The van der Waals surface area contributed by atoms with Crippen molar-refractivity contribution < 1.29 is 100 Å². The molecule has 462 valence electrons. The number of aliphatic hydroxyl groups is 15. The number of hydrogen-bond donors (Lipinski definition) is 20. The molecule has 0 bridgehead atoms. The predicted molar refractivity (Wildman–Crippen MR) is 263 cm³/mol. The van der Waals surface area contributed by atoms with Gasteiger partial charge >= 0.3 is 28.4 Å². The Morgan fingerprint density at radius 1 is 0.329 bits per heavy atom. The van der Waals surface area contributed by atoms with E-state index in [2.05, 4.69) is 0 Å². The van der Waals surface area contributed by atoms with Gasteiger partial charge in [0.15, 0.2) is 16.8 Å². The lowest BCUT2D eigenvalue weighted by molar-refractivity contribution is -0.448. The van der Waals surface area contributed by atoms with Crippen molar-refractivity contribution in [1.29, 1.82) is 0 Å². The van der Waals surface area contributed by atoms with Gasteiger partial charge in [0.1, 0.15) is 73.2 Å². The van der Waals surface area contributed by atoms with E-state index in [1.807, 2.05) is 0 Å². The smallest absolute Gasteiger partial charge is 0.330 e. The molecule has 0 radical (unpaired) electrons. The minimum Gasteiger partial charge on any atom is -0.394 e. The molecule has 0 unspecified atom stereocenters. The van der Waals surface area contributed by atoms with Gasteiger partial charge in [-0.3, -0.25) is 71.7 Å². The van der Waals surface area contributed by atoms with E-state index in [0.29, 0.717) is 30.6 Å². The van der Waals surface area contributed by atoms with E-state index in [4.69, 9.17) is 23.7 Å². The van der Waals surface area contributed by atoms with Crippen molar-refractivity contribution in [2.75, 3.05) is 33.0 Å². The van der Waals surface area contributed by atoms with Crippen LogP contribution in [-0.4, -0.2) is 247 Å². The average Bonchev–Trinajstić information content (AvgIpc) is 1.51. The van der Waals surface area contributed by atoms with E-state index < -0.39 is 208 Å². The van der Waals surface area contributed by atoms with Crippen molar-refractivity contribution in [3.63, 3.8) is 0 Å². The lowest BCUT2D eigenvalue weighted by Crippen LogP contribution is -2.91. The molecule has 0 aliphatic carbocycles. The maximum absolute atomic E-state index is 15.3. The number of aromatic nitrogens is 10. The number of aliphatic hydroxyl groups excluding tert-OH is 12. The van der Waals surface area contributed by atoms with Crippen LogP contribution in [0.4, 0.5) is 0 Å². The quantitative estimate of drug-likeness (QED) is 0.0491. The molecule has 5 aliphatic heterocycles. The van der Waals surface area contributed by atoms with Crippen molar-refractivity contribution in [2.24, 2.45) is 0 Å². The zero-order chi connectivity index (χ0) is 62.3. The van der Waals surface area contributed by atoms with Gasteiger partial charge in [-0.1, -0.05) is 0 Å². The molecule has 5 saturated heterocycles. The molecular weight excluding hydrogens is 1160 g/mol. The SMILES string of the molecule is O=c1ccn([C@]2([C@@]3(O)[C@H](O)[C@@H](CO)O[C@]3(n3ccc(=O)[nH]c3=O)[C@@]3(O)[C@H](O)[C@@H](CO)O[C@]3(n3ccc(=O)[nH]c3=O)[C@@]3(n4ccc(=O)[nH]c4=O)O[C@H](CO)[C@@H](O)[C@H]3O)O[C@H](CO)[C@@H](O)[C@]2(O)[C@@]2(n3ccc(=O)[nH]c3=O)O[C@H](CO)[C@@H](O)[C@H]2O)c(=O)[nH]1. The van der Waals surface area contributed by atoms with Gasteiger partial charge in [0.25, 0.3) is 27.8 Å².